The summed E-state index contributed by atoms with van der Waals surface area (Å²) in [6.07, 6.45) is -3.19. The molecule has 20 heavy (non-hydrogen) atoms. The van der Waals surface area contributed by atoms with Gasteiger partial charge in [-0.05, 0) is 44.5 Å². The van der Waals surface area contributed by atoms with E-state index >= 15 is 0 Å². The second-order valence-corrected chi connectivity index (χ2v) is 5.23. The number of hydrogen-bond acceptors (Lipinski definition) is 3. The Labute approximate surface area is 119 Å². The summed E-state index contributed by atoms with van der Waals surface area (Å²) in [6.45, 7) is 5.81. The van der Waals surface area contributed by atoms with Crippen LogP contribution in [0.15, 0.2) is 12.1 Å². The molecule has 1 N–H and O–H groups in total. The molecule has 0 saturated carbocycles. The van der Waals surface area contributed by atoms with Gasteiger partial charge in [-0.1, -0.05) is 12.1 Å². The molecule has 0 aromatic heterocycles. The van der Waals surface area contributed by atoms with Crippen molar-refractivity contribution in [3.8, 4) is 5.75 Å². The Morgan fingerprint density at radius 3 is 2.35 bits per heavy atom. The van der Waals surface area contributed by atoms with Gasteiger partial charge >= 0.3 is 0 Å². The minimum Gasteiger partial charge on any atom is -0.490 e. The summed E-state index contributed by atoms with van der Waals surface area (Å²) in [5.74, 6) is 0.764. The number of halogens is 2. The van der Waals surface area contributed by atoms with Crippen molar-refractivity contribution in [1.29, 1.82) is 0 Å². The van der Waals surface area contributed by atoms with Crippen molar-refractivity contribution in [3.63, 3.8) is 0 Å². The predicted octanol–water partition coefficient (Wildman–Crippen LogP) is 2.55. The Morgan fingerprint density at radius 2 is 1.75 bits per heavy atom. The van der Waals surface area contributed by atoms with E-state index in [1.807, 2.05) is 32.9 Å². The van der Waals surface area contributed by atoms with E-state index in [0.29, 0.717) is 0 Å². The van der Waals surface area contributed by atoms with E-state index < -0.39 is 12.5 Å². The Morgan fingerprint density at radius 1 is 1.15 bits per heavy atom. The van der Waals surface area contributed by atoms with E-state index in [4.69, 9.17) is 4.74 Å². The predicted molar refractivity (Wildman–Crippen MR) is 75.7 cm³/mol. The maximum atomic E-state index is 12.2. The second kappa shape index (κ2) is 7.55. The first-order valence-corrected chi connectivity index (χ1v) is 6.65. The highest BCUT2D eigenvalue weighted by Gasteiger charge is 2.14. The summed E-state index contributed by atoms with van der Waals surface area (Å²) in [6, 6.07) is 3.98. The minimum absolute atomic E-state index is 0.0959. The lowest BCUT2D eigenvalue weighted by Gasteiger charge is -2.21. The molecule has 0 radical (unpaired) electrons. The molecule has 0 heterocycles. The zero-order chi connectivity index (χ0) is 15.3. The zero-order valence-corrected chi connectivity index (χ0v) is 12.5. The standard InChI is InChI=1S/C15H23F2NO2/c1-10-5-6-11(2)15(12(10)3)20-9-13(19)7-18(4)8-14(16)17/h5-6,13-14,19H,7-9H2,1-4H3. The topological polar surface area (TPSA) is 32.7 Å². The molecule has 1 aromatic carbocycles. The molecule has 0 aliphatic heterocycles. The average molecular weight is 287 g/mol. The van der Waals surface area contributed by atoms with Gasteiger partial charge in [-0.2, -0.15) is 0 Å². The molecule has 1 atom stereocenters. The average Bonchev–Trinajstić information content (AvgIpc) is 2.33. The van der Waals surface area contributed by atoms with Gasteiger partial charge in [-0.3, -0.25) is 4.90 Å². The van der Waals surface area contributed by atoms with Gasteiger partial charge in [0.15, 0.2) is 0 Å². The highest BCUT2D eigenvalue weighted by Crippen LogP contribution is 2.25. The van der Waals surface area contributed by atoms with Gasteiger partial charge in [-0.25, -0.2) is 8.78 Å². The van der Waals surface area contributed by atoms with E-state index in [1.165, 1.54) is 4.90 Å². The third-order valence-electron chi connectivity index (χ3n) is 3.27. The summed E-state index contributed by atoms with van der Waals surface area (Å²) in [7, 11) is 1.55. The summed E-state index contributed by atoms with van der Waals surface area (Å²) in [4.78, 5) is 1.40. The summed E-state index contributed by atoms with van der Waals surface area (Å²) >= 11 is 0. The van der Waals surface area contributed by atoms with Crippen LogP contribution in [-0.2, 0) is 0 Å². The summed E-state index contributed by atoms with van der Waals surface area (Å²) in [5.41, 5.74) is 3.16. The Kier molecular flexibility index (Phi) is 6.36. The maximum Gasteiger partial charge on any atom is 0.251 e. The van der Waals surface area contributed by atoms with E-state index in [0.717, 1.165) is 22.4 Å². The molecule has 0 amide bonds. The Balaban J connectivity index is 2.53. The molecule has 0 bridgehead atoms. The fourth-order valence-electron chi connectivity index (χ4n) is 2.05. The first-order chi connectivity index (χ1) is 9.31. The lowest BCUT2D eigenvalue weighted by Crippen LogP contribution is -2.35. The van der Waals surface area contributed by atoms with Crippen LogP contribution in [0.2, 0.25) is 0 Å². The molecule has 1 unspecified atom stereocenters. The fraction of sp³-hybridized carbons (Fsp3) is 0.600. The molecule has 1 aromatic rings. The quantitative estimate of drug-likeness (QED) is 0.836. The third kappa shape index (κ3) is 5.06. The van der Waals surface area contributed by atoms with Crippen LogP contribution >= 0.6 is 0 Å². The smallest absolute Gasteiger partial charge is 0.251 e. The maximum absolute atomic E-state index is 12.2. The molecular formula is C15H23F2NO2. The number of hydrogen-bond donors (Lipinski definition) is 1. The van der Waals surface area contributed by atoms with Gasteiger partial charge in [0, 0.05) is 6.54 Å². The highest BCUT2D eigenvalue weighted by molar-refractivity contribution is 5.44. The fourth-order valence-corrected chi connectivity index (χ4v) is 2.05. The number of benzene rings is 1. The van der Waals surface area contributed by atoms with Gasteiger partial charge < -0.3 is 9.84 Å². The molecule has 0 aliphatic rings. The van der Waals surface area contributed by atoms with Gasteiger partial charge in [0.1, 0.15) is 18.5 Å². The van der Waals surface area contributed by atoms with Crippen molar-refractivity contribution in [1.82, 2.24) is 4.90 Å². The van der Waals surface area contributed by atoms with Gasteiger partial charge in [0.25, 0.3) is 6.43 Å². The SMILES string of the molecule is Cc1ccc(C)c(OCC(O)CN(C)CC(F)F)c1C. The van der Waals surface area contributed by atoms with Crippen molar-refractivity contribution in [2.45, 2.75) is 33.3 Å². The molecular weight excluding hydrogens is 264 g/mol. The van der Waals surface area contributed by atoms with Crippen LogP contribution in [0, 0.1) is 20.8 Å². The van der Waals surface area contributed by atoms with Gasteiger partial charge in [-0.15, -0.1) is 0 Å². The Bertz CT molecular complexity index is 438. The lowest BCUT2D eigenvalue weighted by atomic mass is 10.1. The molecule has 0 fully saturated rings. The number of ether oxygens (including phenoxy) is 1. The number of aliphatic hydroxyl groups is 1. The number of aryl methyl sites for hydroxylation is 2. The van der Waals surface area contributed by atoms with Crippen LogP contribution in [0.4, 0.5) is 8.78 Å². The number of alkyl halides is 2. The highest BCUT2D eigenvalue weighted by atomic mass is 19.3. The Hall–Kier alpha value is -1.20. The largest absolute Gasteiger partial charge is 0.490 e. The molecule has 114 valence electrons. The van der Waals surface area contributed by atoms with E-state index in [-0.39, 0.29) is 19.7 Å². The molecule has 0 saturated heterocycles. The van der Waals surface area contributed by atoms with Gasteiger partial charge in [0.05, 0.1) is 6.54 Å². The van der Waals surface area contributed by atoms with Crippen LogP contribution < -0.4 is 4.74 Å². The minimum atomic E-state index is -2.39. The van der Waals surface area contributed by atoms with E-state index in [1.54, 1.807) is 7.05 Å². The first-order valence-electron chi connectivity index (χ1n) is 6.65. The normalized spacial score (nSPS) is 13.1. The number of rotatable bonds is 7. The van der Waals surface area contributed by atoms with E-state index in [9.17, 15) is 13.9 Å². The molecule has 5 heteroatoms. The van der Waals surface area contributed by atoms with Crippen molar-refractivity contribution >= 4 is 0 Å². The van der Waals surface area contributed by atoms with Crippen LogP contribution in [0.3, 0.4) is 0 Å². The molecule has 3 nitrogen and oxygen atoms in total. The van der Waals surface area contributed by atoms with Crippen molar-refractivity contribution in [2.24, 2.45) is 0 Å². The number of likely N-dealkylation sites (N-methyl/N-ethyl adjacent to an activating group) is 1. The van der Waals surface area contributed by atoms with Crippen molar-refractivity contribution in [2.75, 3.05) is 26.7 Å². The summed E-state index contributed by atoms with van der Waals surface area (Å²) in [5, 5.41) is 9.83. The van der Waals surface area contributed by atoms with E-state index in [2.05, 4.69) is 0 Å². The molecule has 0 aliphatic carbocycles. The summed E-state index contributed by atoms with van der Waals surface area (Å²) < 4.78 is 30.0. The molecule has 1 rings (SSSR count). The zero-order valence-electron chi connectivity index (χ0n) is 12.5. The van der Waals surface area contributed by atoms with Crippen molar-refractivity contribution < 1.29 is 18.6 Å². The second-order valence-electron chi connectivity index (χ2n) is 5.23. The van der Waals surface area contributed by atoms with Crippen LogP contribution in [-0.4, -0.2) is 49.3 Å². The van der Waals surface area contributed by atoms with Gasteiger partial charge in [0.2, 0.25) is 0 Å². The molecule has 0 spiro atoms. The van der Waals surface area contributed by atoms with Crippen molar-refractivity contribution in [3.05, 3.63) is 28.8 Å². The first kappa shape index (κ1) is 16.9. The van der Waals surface area contributed by atoms with Crippen LogP contribution in [0.5, 0.6) is 5.75 Å². The number of aliphatic hydroxyl groups excluding tert-OH is 1. The number of nitrogens with zero attached hydrogens (tertiary/aromatic N) is 1. The monoisotopic (exact) mass is 287 g/mol. The van der Waals surface area contributed by atoms with Crippen LogP contribution in [0.1, 0.15) is 16.7 Å². The third-order valence-corrected chi connectivity index (χ3v) is 3.27. The van der Waals surface area contributed by atoms with Crippen LogP contribution in [0.25, 0.3) is 0 Å². The lowest BCUT2D eigenvalue weighted by molar-refractivity contribution is 0.0470.